The standard InChI is InChI=1S/C31H49N3O2/c1-8-13-14-15-16-21-34-30(32-26(17-9-2)18-10-3)24(6)28(31(34)35)22-25-19-20-27(23-29(25)36-7)33(11-4)12-5/h19-20,22-23,26H,6,8-18,21H2,1-5,7H3/b28-22-,32-30?. The number of amidine groups is 1. The maximum absolute atomic E-state index is 13.7. The maximum atomic E-state index is 13.7. The number of ether oxygens (including phenoxy) is 1. The predicted molar refractivity (Wildman–Crippen MR) is 155 cm³/mol. The number of carbonyl (C=O) groups is 1. The van der Waals surface area contributed by atoms with Gasteiger partial charge in [0.1, 0.15) is 11.6 Å². The van der Waals surface area contributed by atoms with Gasteiger partial charge in [0.15, 0.2) is 0 Å². The third-order valence-corrected chi connectivity index (χ3v) is 7.01. The zero-order chi connectivity index (χ0) is 26.5. The van der Waals surface area contributed by atoms with Gasteiger partial charge in [0.05, 0.1) is 18.7 Å². The molecule has 0 radical (unpaired) electrons. The van der Waals surface area contributed by atoms with Crippen LogP contribution in [0.5, 0.6) is 5.75 Å². The van der Waals surface area contributed by atoms with Crippen molar-refractivity contribution < 1.29 is 9.53 Å². The second-order valence-corrected chi connectivity index (χ2v) is 9.69. The van der Waals surface area contributed by atoms with E-state index in [0.29, 0.717) is 12.1 Å². The minimum Gasteiger partial charge on any atom is -0.496 e. The Bertz CT molecular complexity index is 908. The Morgan fingerprint density at radius 3 is 2.25 bits per heavy atom. The predicted octanol–water partition coefficient (Wildman–Crippen LogP) is 7.66. The molecule has 1 aliphatic heterocycles. The largest absolute Gasteiger partial charge is 0.496 e. The fraction of sp³-hybridized carbons (Fsp3) is 0.613. The van der Waals surface area contributed by atoms with Gasteiger partial charge < -0.3 is 9.64 Å². The van der Waals surface area contributed by atoms with Gasteiger partial charge in [-0.1, -0.05) is 65.9 Å². The number of carbonyl (C=O) groups excluding carboxylic acids is 1. The van der Waals surface area contributed by atoms with Gasteiger partial charge in [-0.2, -0.15) is 0 Å². The van der Waals surface area contributed by atoms with E-state index in [1.165, 1.54) is 19.3 Å². The summed E-state index contributed by atoms with van der Waals surface area (Å²) in [6, 6.07) is 6.43. The lowest BCUT2D eigenvalue weighted by molar-refractivity contribution is -0.122. The van der Waals surface area contributed by atoms with Gasteiger partial charge in [-0.15, -0.1) is 0 Å². The molecule has 0 bridgehead atoms. The van der Waals surface area contributed by atoms with Crippen molar-refractivity contribution in [1.82, 2.24) is 4.90 Å². The van der Waals surface area contributed by atoms with Crippen molar-refractivity contribution in [2.45, 2.75) is 98.4 Å². The van der Waals surface area contributed by atoms with Crippen molar-refractivity contribution in [3.8, 4) is 5.75 Å². The summed E-state index contributed by atoms with van der Waals surface area (Å²) in [6.07, 6.45) is 11.9. The van der Waals surface area contributed by atoms with Crippen LogP contribution in [0.1, 0.15) is 98.0 Å². The Labute approximate surface area is 220 Å². The summed E-state index contributed by atoms with van der Waals surface area (Å²) in [5, 5.41) is 0. The number of benzene rings is 1. The molecule has 1 aromatic carbocycles. The van der Waals surface area contributed by atoms with Crippen LogP contribution in [-0.2, 0) is 4.79 Å². The quantitative estimate of drug-likeness (QED) is 0.175. The van der Waals surface area contributed by atoms with Gasteiger partial charge in [-0.3, -0.25) is 14.7 Å². The maximum Gasteiger partial charge on any atom is 0.260 e. The molecule has 0 spiro atoms. The molecule has 1 heterocycles. The molecular formula is C31H49N3O2. The van der Waals surface area contributed by atoms with Crippen LogP contribution in [0, 0.1) is 0 Å². The number of hydrogen-bond donors (Lipinski definition) is 0. The normalized spacial score (nSPS) is 16.1. The summed E-state index contributed by atoms with van der Waals surface area (Å²) in [5.74, 6) is 1.54. The molecule has 0 atom stereocenters. The van der Waals surface area contributed by atoms with Crippen molar-refractivity contribution in [2.24, 2.45) is 4.99 Å². The molecule has 1 aromatic rings. The molecule has 0 aliphatic carbocycles. The summed E-state index contributed by atoms with van der Waals surface area (Å²) < 4.78 is 5.73. The van der Waals surface area contributed by atoms with E-state index in [4.69, 9.17) is 9.73 Å². The molecule has 1 saturated heterocycles. The summed E-state index contributed by atoms with van der Waals surface area (Å²) in [7, 11) is 1.68. The van der Waals surface area contributed by atoms with E-state index < -0.39 is 0 Å². The van der Waals surface area contributed by atoms with E-state index in [1.54, 1.807) is 7.11 Å². The molecule has 1 amide bonds. The van der Waals surface area contributed by atoms with Gasteiger partial charge >= 0.3 is 0 Å². The Kier molecular flexibility index (Phi) is 12.8. The van der Waals surface area contributed by atoms with Crippen molar-refractivity contribution in [3.05, 3.63) is 41.5 Å². The molecule has 5 nitrogen and oxygen atoms in total. The van der Waals surface area contributed by atoms with Crippen LogP contribution < -0.4 is 9.64 Å². The molecule has 36 heavy (non-hydrogen) atoms. The Morgan fingerprint density at radius 2 is 1.67 bits per heavy atom. The molecular weight excluding hydrogens is 446 g/mol. The molecule has 200 valence electrons. The van der Waals surface area contributed by atoms with E-state index in [9.17, 15) is 4.79 Å². The van der Waals surface area contributed by atoms with Crippen LogP contribution in [0.25, 0.3) is 6.08 Å². The van der Waals surface area contributed by atoms with E-state index in [0.717, 1.165) is 80.0 Å². The lowest BCUT2D eigenvalue weighted by Crippen LogP contribution is -2.32. The van der Waals surface area contributed by atoms with Crippen LogP contribution in [0.2, 0.25) is 0 Å². The highest BCUT2D eigenvalue weighted by Crippen LogP contribution is 2.33. The summed E-state index contributed by atoms with van der Waals surface area (Å²) in [6.45, 7) is 17.8. The minimum atomic E-state index is 0.0101. The van der Waals surface area contributed by atoms with Crippen LogP contribution >= 0.6 is 0 Å². The fourth-order valence-corrected chi connectivity index (χ4v) is 4.90. The van der Waals surface area contributed by atoms with E-state index in [-0.39, 0.29) is 11.9 Å². The first-order valence-electron chi connectivity index (χ1n) is 14.2. The summed E-state index contributed by atoms with van der Waals surface area (Å²) in [5.41, 5.74) is 3.37. The van der Waals surface area contributed by atoms with Crippen LogP contribution in [-0.4, -0.2) is 49.4 Å². The average Bonchev–Trinajstić information content (AvgIpc) is 3.09. The topological polar surface area (TPSA) is 45.1 Å². The Morgan fingerprint density at radius 1 is 1.00 bits per heavy atom. The third kappa shape index (κ3) is 7.72. The first kappa shape index (κ1) is 29.7. The summed E-state index contributed by atoms with van der Waals surface area (Å²) >= 11 is 0. The van der Waals surface area contributed by atoms with Gasteiger partial charge in [-0.25, -0.2) is 0 Å². The lowest BCUT2D eigenvalue weighted by Gasteiger charge is -2.22. The van der Waals surface area contributed by atoms with Crippen molar-refractivity contribution >= 4 is 23.5 Å². The van der Waals surface area contributed by atoms with Crippen molar-refractivity contribution in [1.29, 1.82) is 0 Å². The number of anilines is 1. The molecule has 0 saturated carbocycles. The zero-order valence-corrected chi connectivity index (χ0v) is 23.7. The smallest absolute Gasteiger partial charge is 0.260 e. The van der Waals surface area contributed by atoms with E-state index in [2.05, 4.69) is 58.2 Å². The second-order valence-electron chi connectivity index (χ2n) is 9.69. The van der Waals surface area contributed by atoms with Crippen LogP contribution in [0.3, 0.4) is 0 Å². The van der Waals surface area contributed by atoms with Crippen molar-refractivity contribution in [3.63, 3.8) is 0 Å². The summed E-state index contributed by atoms with van der Waals surface area (Å²) in [4.78, 5) is 23.0. The first-order valence-corrected chi connectivity index (χ1v) is 14.2. The van der Waals surface area contributed by atoms with E-state index in [1.807, 2.05) is 17.0 Å². The Balaban J connectivity index is 2.43. The number of aliphatic imine (C=N–C) groups is 1. The molecule has 0 unspecified atom stereocenters. The van der Waals surface area contributed by atoms with Gasteiger partial charge in [-0.05, 0) is 51.3 Å². The number of unbranched alkanes of at least 4 members (excludes halogenated alkanes) is 4. The third-order valence-electron chi connectivity index (χ3n) is 7.01. The van der Waals surface area contributed by atoms with Crippen LogP contribution in [0.4, 0.5) is 5.69 Å². The molecule has 0 N–H and O–H groups in total. The lowest BCUT2D eigenvalue weighted by atomic mass is 10.0. The number of hydrogen-bond acceptors (Lipinski definition) is 4. The first-order chi connectivity index (χ1) is 17.4. The highest BCUT2D eigenvalue weighted by atomic mass is 16.5. The molecule has 1 fully saturated rings. The SMILES string of the molecule is C=C1C(=NC(CCC)CCC)N(CCCCCCC)C(=O)/C1=C\c1ccc(N(CC)CC)cc1OC. The monoisotopic (exact) mass is 495 g/mol. The Hall–Kier alpha value is -2.56. The number of nitrogens with zero attached hydrogens (tertiary/aromatic N) is 3. The average molecular weight is 496 g/mol. The number of methoxy groups -OCH3 is 1. The van der Waals surface area contributed by atoms with Gasteiger partial charge in [0.25, 0.3) is 5.91 Å². The number of rotatable bonds is 16. The molecule has 1 aliphatic rings. The highest BCUT2D eigenvalue weighted by molar-refractivity contribution is 6.28. The van der Waals surface area contributed by atoms with Gasteiger partial charge in [0.2, 0.25) is 0 Å². The highest BCUT2D eigenvalue weighted by Gasteiger charge is 2.36. The van der Waals surface area contributed by atoms with E-state index >= 15 is 0 Å². The molecule has 2 rings (SSSR count). The van der Waals surface area contributed by atoms with Crippen LogP contribution in [0.15, 0.2) is 40.9 Å². The molecule has 0 aromatic heterocycles. The van der Waals surface area contributed by atoms with Crippen molar-refractivity contribution in [2.75, 3.05) is 31.6 Å². The minimum absolute atomic E-state index is 0.0101. The number of likely N-dealkylation sites (tertiary alicyclic amines) is 1. The fourth-order valence-electron chi connectivity index (χ4n) is 4.90. The van der Waals surface area contributed by atoms with Gasteiger partial charge in [0, 0.05) is 42.5 Å². The zero-order valence-electron chi connectivity index (χ0n) is 23.7. The second kappa shape index (κ2) is 15.5. The number of amides is 1. The molecule has 5 heteroatoms.